The Bertz CT molecular complexity index is 376. The van der Waals surface area contributed by atoms with Gasteiger partial charge in [-0.25, -0.2) is 0 Å². The van der Waals surface area contributed by atoms with Crippen molar-refractivity contribution in [3.8, 4) is 0 Å². The van der Waals surface area contributed by atoms with Crippen LogP contribution in [0, 0.1) is 5.41 Å². The zero-order chi connectivity index (χ0) is 14.8. The highest BCUT2D eigenvalue weighted by atomic mass is 35.5. The monoisotopic (exact) mass is 307 g/mol. The number of halogens is 1. The van der Waals surface area contributed by atoms with Crippen LogP contribution in [0.2, 0.25) is 0 Å². The van der Waals surface area contributed by atoms with Gasteiger partial charge in [0.25, 0.3) is 0 Å². The van der Waals surface area contributed by atoms with E-state index in [-0.39, 0.29) is 54.4 Å². The summed E-state index contributed by atoms with van der Waals surface area (Å²) in [6.07, 6.45) is 0.795. The van der Waals surface area contributed by atoms with E-state index in [0.29, 0.717) is 0 Å². The molecular formula is C13H26ClN3O3. The van der Waals surface area contributed by atoms with Crippen molar-refractivity contribution in [1.82, 2.24) is 10.2 Å². The first-order valence-electron chi connectivity index (χ1n) is 6.47. The maximum absolute atomic E-state index is 12.0. The summed E-state index contributed by atoms with van der Waals surface area (Å²) in [5, 5.41) is 2.49. The lowest BCUT2D eigenvalue weighted by molar-refractivity contribution is -0.207. The van der Waals surface area contributed by atoms with E-state index in [1.54, 1.807) is 19.1 Å². The Labute approximate surface area is 126 Å². The molecule has 0 aromatic rings. The molecule has 2 unspecified atom stereocenters. The van der Waals surface area contributed by atoms with E-state index in [1.807, 2.05) is 0 Å². The number of likely N-dealkylation sites (N-methyl/N-ethyl adjacent to an activating group) is 1. The van der Waals surface area contributed by atoms with E-state index in [2.05, 4.69) is 26.1 Å². The third-order valence-electron chi connectivity index (χ3n) is 4.71. The van der Waals surface area contributed by atoms with Gasteiger partial charge in [-0.1, -0.05) is 13.8 Å². The molecule has 1 aliphatic carbocycles. The average molecular weight is 308 g/mol. The van der Waals surface area contributed by atoms with Crippen molar-refractivity contribution < 1.29 is 14.3 Å². The highest BCUT2D eigenvalue weighted by Gasteiger charge is 2.59. The molecule has 2 amide bonds. The predicted molar refractivity (Wildman–Crippen MR) is 79.7 cm³/mol. The molecule has 0 bridgehead atoms. The van der Waals surface area contributed by atoms with Crippen molar-refractivity contribution in [2.24, 2.45) is 11.1 Å². The molecule has 7 heteroatoms. The van der Waals surface area contributed by atoms with Gasteiger partial charge in [-0.3, -0.25) is 9.59 Å². The van der Waals surface area contributed by atoms with Gasteiger partial charge in [0.1, 0.15) is 0 Å². The molecule has 2 atom stereocenters. The smallest absolute Gasteiger partial charge is 0.241 e. The normalized spacial score (nSPS) is 27.0. The fraction of sp³-hybridized carbons (Fsp3) is 0.846. The minimum atomic E-state index is -0.323. The molecule has 1 fully saturated rings. The second-order valence-corrected chi connectivity index (χ2v) is 5.86. The van der Waals surface area contributed by atoms with Gasteiger partial charge in [0.2, 0.25) is 11.8 Å². The molecule has 1 rings (SSSR count). The second kappa shape index (κ2) is 6.74. The molecule has 0 aromatic carbocycles. The molecule has 0 spiro atoms. The molecule has 3 N–H and O–H groups in total. The molecule has 118 valence electrons. The number of ether oxygens (including phenoxy) is 1. The summed E-state index contributed by atoms with van der Waals surface area (Å²) >= 11 is 0. The van der Waals surface area contributed by atoms with E-state index < -0.39 is 0 Å². The Morgan fingerprint density at radius 1 is 1.40 bits per heavy atom. The van der Waals surface area contributed by atoms with Crippen LogP contribution < -0.4 is 11.1 Å². The van der Waals surface area contributed by atoms with Gasteiger partial charge in [0, 0.05) is 25.6 Å². The number of rotatable bonds is 5. The highest BCUT2D eigenvalue weighted by Crippen LogP contribution is 2.53. The lowest BCUT2D eigenvalue weighted by atomic mass is 9.55. The third-order valence-corrected chi connectivity index (χ3v) is 4.71. The maximum Gasteiger partial charge on any atom is 0.241 e. The minimum absolute atomic E-state index is 0. The van der Waals surface area contributed by atoms with E-state index >= 15 is 0 Å². The molecule has 0 heterocycles. The SMILES string of the molecule is COC1(C)CC(N(C)C(=O)CNC(=O)CN)C1(C)C.Cl. The summed E-state index contributed by atoms with van der Waals surface area (Å²) in [5.41, 5.74) is 4.84. The zero-order valence-corrected chi connectivity index (χ0v) is 13.7. The Morgan fingerprint density at radius 2 is 1.95 bits per heavy atom. The molecule has 6 nitrogen and oxygen atoms in total. The largest absolute Gasteiger partial charge is 0.378 e. The number of hydrogen-bond acceptors (Lipinski definition) is 4. The number of methoxy groups -OCH3 is 1. The maximum atomic E-state index is 12.0. The number of carbonyl (C=O) groups is 2. The van der Waals surface area contributed by atoms with Gasteiger partial charge in [0.15, 0.2) is 0 Å². The van der Waals surface area contributed by atoms with Crippen LogP contribution in [0.3, 0.4) is 0 Å². The van der Waals surface area contributed by atoms with Crippen molar-refractivity contribution in [3.05, 3.63) is 0 Å². The van der Waals surface area contributed by atoms with Gasteiger partial charge in [0.05, 0.1) is 18.7 Å². The van der Waals surface area contributed by atoms with E-state index in [0.717, 1.165) is 6.42 Å². The number of hydrogen-bond donors (Lipinski definition) is 2. The topological polar surface area (TPSA) is 84.7 Å². The van der Waals surface area contributed by atoms with Gasteiger partial charge in [-0.15, -0.1) is 12.4 Å². The van der Waals surface area contributed by atoms with Crippen molar-refractivity contribution in [3.63, 3.8) is 0 Å². The van der Waals surface area contributed by atoms with Crippen molar-refractivity contribution in [1.29, 1.82) is 0 Å². The molecule has 0 radical (unpaired) electrons. The van der Waals surface area contributed by atoms with Crippen LogP contribution in [0.1, 0.15) is 27.2 Å². The van der Waals surface area contributed by atoms with Crippen LogP contribution in [0.5, 0.6) is 0 Å². The summed E-state index contributed by atoms with van der Waals surface area (Å²) in [6, 6.07) is 0.111. The fourth-order valence-electron chi connectivity index (χ4n) is 2.62. The van der Waals surface area contributed by atoms with Gasteiger partial charge in [-0.05, 0) is 13.3 Å². The number of carbonyl (C=O) groups excluding carboxylic acids is 2. The number of amides is 2. The number of nitrogens with two attached hydrogens (primary N) is 1. The number of nitrogens with one attached hydrogen (secondary N) is 1. The van der Waals surface area contributed by atoms with Crippen LogP contribution in [0.15, 0.2) is 0 Å². The molecule has 0 aliphatic heterocycles. The quantitative estimate of drug-likeness (QED) is 0.757. The molecule has 1 aliphatic rings. The van der Waals surface area contributed by atoms with Crippen molar-refractivity contribution in [2.75, 3.05) is 27.2 Å². The Morgan fingerprint density at radius 3 is 2.35 bits per heavy atom. The lowest BCUT2D eigenvalue weighted by Crippen LogP contribution is -2.69. The van der Waals surface area contributed by atoms with E-state index in [9.17, 15) is 9.59 Å². The highest BCUT2D eigenvalue weighted by molar-refractivity contribution is 5.86. The Hall–Kier alpha value is -0.850. The van der Waals surface area contributed by atoms with E-state index in [4.69, 9.17) is 10.5 Å². The first kappa shape index (κ1) is 19.1. The van der Waals surface area contributed by atoms with Crippen LogP contribution >= 0.6 is 12.4 Å². The molecule has 1 saturated carbocycles. The first-order valence-corrected chi connectivity index (χ1v) is 6.47. The Balaban J connectivity index is 0.00000361. The summed E-state index contributed by atoms with van der Waals surface area (Å²) < 4.78 is 5.54. The van der Waals surface area contributed by atoms with Gasteiger partial charge >= 0.3 is 0 Å². The van der Waals surface area contributed by atoms with Crippen LogP contribution in [0.25, 0.3) is 0 Å². The Kier molecular flexibility index (Phi) is 6.45. The average Bonchev–Trinajstić information content (AvgIpc) is 2.40. The molecule has 0 aromatic heterocycles. The molecule has 0 saturated heterocycles. The first-order chi connectivity index (χ1) is 8.69. The minimum Gasteiger partial charge on any atom is -0.378 e. The molecular weight excluding hydrogens is 282 g/mol. The zero-order valence-electron chi connectivity index (χ0n) is 12.9. The van der Waals surface area contributed by atoms with Gasteiger partial charge < -0.3 is 20.7 Å². The van der Waals surface area contributed by atoms with Gasteiger partial charge in [-0.2, -0.15) is 0 Å². The summed E-state index contributed by atoms with van der Waals surface area (Å²) in [7, 11) is 3.46. The van der Waals surface area contributed by atoms with Crippen molar-refractivity contribution in [2.45, 2.75) is 38.8 Å². The van der Waals surface area contributed by atoms with Crippen LogP contribution in [-0.2, 0) is 14.3 Å². The summed E-state index contributed by atoms with van der Waals surface area (Å²) in [5.74, 6) is -0.436. The third kappa shape index (κ3) is 3.24. The predicted octanol–water partition coefficient (Wildman–Crippen LogP) is 0.145. The summed E-state index contributed by atoms with van der Waals surface area (Å²) in [6.45, 7) is 6.12. The standard InChI is InChI=1S/C13H25N3O3.ClH/c1-12(2)9(6-13(12,3)19-5)16(4)11(18)8-15-10(17)7-14;/h9H,6-8,14H2,1-5H3,(H,15,17);1H. The van der Waals surface area contributed by atoms with Crippen LogP contribution in [0.4, 0.5) is 0 Å². The fourth-order valence-corrected chi connectivity index (χ4v) is 2.62. The summed E-state index contributed by atoms with van der Waals surface area (Å²) in [4.78, 5) is 24.7. The van der Waals surface area contributed by atoms with Crippen LogP contribution in [-0.4, -0.2) is 55.6 Å². The lowest BCUT2D eigenvalue weighted by Gasteiger charge is -2.61. The van der Waals surface area contributed by atoms with Crippen molar-refractivity contribution >= 4 is 24.2 Å². The van der Waals surface area contributed by atoms with E-state index in [1.165, 1.54) is 0 Å². The second-order valence-electron chi connectivity index (χ2n) is 5.86. The number of nitrogens with zero attached hydrogens (tertiary/aromatic N) is 1. The molecule has 20 heavy (non-hydrogen) atoms.